The highest BCUT2D eigenvalue weighted by molar-refractivity contribution is 5.27. The Balaban J connectivity index is 1.65. The summed E-state index contributed by atoms with van der Waals surface area (Å²) >= 11 is 0. The van der Waals surface area contributed by atoms with Gasteiger partial charge in [-0.15, -0.1) is 0 Å². The number of nitrogens with two attached hydrogens (primary N) is 1. The van der Waals surface area contributed by atoms with E-state index in [0.717, 1.165) is 45.2 Å². The van der Waals surface area contributed by atoms with Gasteiger partial charge in [0.1, 0.15) is 38.5 Å². The average molecular weight is 266 g/mol. The fourth-order valence-electron chi connectivity index (χ4n) is 2.41. The second-order valence-corrected chi connectivity index (χ2v) is 4.97. The Labute approximate surface area is 115 Å². The molecule has 3 N–H and O–H groups in total. The highest BCUT2D eigenvalue weighted by Gasteiger charge is 2.13. The summed E-state index contributed by atoms with van der Waals surface area (Å²) in [4.78, 5) is 1.67. The molecule has 0 atom stereocenters. The van der Waals surface area contributed by atoms with Crippen LogP contribution >= 0.6 is 0 Å². The molecule has 0 bridgehead atoms. The van der Waals surface area contributed by atoms with E-state index in [1.807, 2.05) is 13.0 Å². The van der Waals surface area contributed by atoms with Gasteiger partial charge in [-0.25, -0.2) is 0 Å². The molecule has 1 aromatic rings. The monoisotopic (exact) mass is 266 g/mol. The van der Waals surface area contributed by atoms with Crippen LogP contribution in [0.1, 0.15) is 12.5 Å². The minimum absolute atomic E-state index is 0.730. The highest BCUT2D eigenvalue weighted by atomic mass is 16.5. The summed E-state index contributed by atoms with van der Waals surface area (Å²) in [5.41, 5.74) is 1.34. The number of quaternary nitrogens is 2. The lowest BCUT2D eigenvalue weighted by Crippen LogP contribution is -3.16. The molecule has 1 aliphatic heterocycles. The molecule has 106 valence electrons. The predicted octanol–water partition coefficient (Wildman–Crippen LogP) is -0.936. The molecular weight excluding hydrogens is 240 g/mol. The van der Waals surface area contributed by atoms with E-state index in [2.05, 4.69) is 23.5 Å². The van der Waals surface area contributed by atoms with Crippen LogP contribution in [-0.2, 0) is 11.3 Å². The van der Waals surface area contributed by atoms with Gasteiger partial charge in [-0.2, -0.15) is 0 Å². The first-order chi connectivity index (χ1) is 9.38. The smallest absolute Gasteiger partial charge is 0.127 e. The van der Waals surface area contributed by atoms with Gasteiger partial charge < -0.3 is 19.7 Å². The number of ether oxygens (including phenoxy) is 2. The van der Waals surface area contributed by atoms with E-state index in [1.165, 1.54) is 18.7 Å². The summed E-state index contributed by atoms with van der Waals surface area (Å²) < 4.78 is 10.9. The van der Waals surface area contributed by atoms with E-state index in [0.29, 0.717) is 0 Å². The topological polar surface area (TPSA) is 39.5 Å². The van der Waals surface area contributed by atoms with Crippen molar-refractivity contribution in [1.29, 1.82) is 0 Å². The van der Waals surface area contributed by atoms with Crippen molar-refractivity contribution in [2.24, 2.45) is 0 Å². The van der Waals surface area contributed by atoms with Crippen LogP contribution in [0.2, 0.25) is 0 Å². The fraction of sp³-hybridized carbons (Fsp3) is 0.600. The largest absolute Gasteiger partial charge is 0.494 e. The van der Waals surface area contributed by atoms with Crippen LogP contribution in [0, 0.1) is 0 Å². The number of nitrogens with one attached hydrogen (secondary N) is 1. The predicted molar refractivity (Wildman–Crippen MR) is 74.5 cm³/mol. The first-order valence-corrected chi connectivity index (χ1v) is 7.33. The van der Waals surface area contributed by atoms with Gasteiger partial charge in [0.2, 0.25) is 0 Å². The molecule has 4 heteroatoms. The summed E-state index contributed by atoms with van der Waals surface area (Å²) in [5.74, 6) is 0.979. The molecule has 0 aliphatic carbocycles. The van der Waals surface area contributed by atoms with Crippen molar-refractivity contribution in [3.63, 3.8) is 0 Å². The second-order valence-electron chi connectivity index (χ2n) is 4.97. The molecule has 19 heavy (non-hydrogen) atoms. The van der Waals surface area contributed by atoms with E-state index in [1.54, 1.807) is 4.90 Å². The Morgan fingerprint density at radius 2 is 2.16 bits per heavy atom. The molecule has 1 saturated heterocycles. The molecule has 4 nitrogen and oxygen atoms in total. The summed E-state index contributed by atoms with van der Waals surface area (Å²) in [7, 11) is 0. The maximum Gasteiger partial charge on any atom is 0.127 e. The summed E-state index contributed by atoms with van der Waals surface area (Å²) in [6.07, 6.45) is 0. The average Bonchev–Trinajstić information content (AvgIpc) is 2.46. The number of hydrogen-bond donors (Lipinski definition) is 2. The zero-order valence-corrected chi connectivity index (χ0v) is 11.9. The summed E-state index contributed by atoms with van der Waals surface area (Å²) in [5, 5.41) is 2.38. The number of benzene rings is 1. The van der Waals surface area contributed by atoms with E-state index in [9.17, 15) is 0 Å². The lowest BCUT2D eigenvalue weighted by atomic mass is 10.2. The molecule has 0 spiro atoms. The van der Waals surface area contributed by atoms with Crippen LogP contribution in [0.4, 0.5) is 0 Å². The molecule has 1 fully saturated rings. The minimum Gasteiger partial charge on any atom is -0.494 e. The first-order valence-electron chi connectivity index (χ1n) is 7.33. The third-order valence-corrected chi connectivity index (χ3v) is 3.49. The van der Waals surface area contributed by atoms with Gasteiger partial charge in [-0.3, -0.25) is 0 Å². The molecule has 1 heterocycles. The maximum atomic E-state index is 5.52. The van der Waals surface area contributed by atoms with Crippen molar-refractivity contribution < 1.29 is 19.7 Å². The van der Waals surface area contributed by atoms with E-state index in [4.69, 9.17) is 9.47 Å². The van der Waals surface area contributed by atoms with Crippen LogP contribution < -0.4 is 15.0 Å². The van der Waals surface area contributed by atoms with Crippen molar-refractivity contribution in [2.75, 3.05) is 46.0 Å². The Morgan fingerprint density at radius 3 is 2.95 bits per heavy atom. The van der Waals surface area contributed by atoms with Crippen molar-refractivity contribution in [1.82, 2.24) is 0 Å². The van der Waals surface area contributed by atoms with Gasteiger partial charge in [0.05, 0.1) is 19.8 Å². The molecule has 0 saturated carbocycles. The van der Waals surface area contributed by atoms with Crippen LogP contribution in [0.15, 0.2) is 24.3 Å². The van der Waals surface area contributed by atoms with Gasteiger partial charge in [-0.1, -0.05) is 12.1 Å². The van der Waals surface area contributed by atoms with E-state index >= 15 is 0 Å². The third kappa shape index (κ3) is 5.19. The Bertz CT molecular complexity index is 365. The van der Waals surface area contributed by atoms with Gasteiger partial charge in [-0.05, 0) is 19.1 Å². The summed E-state index contributed by atoms with van der Waals surface area (Å²) in [6, 6.07) is 8.40. The first kappa shape index (κ1) is 14.3. The van der Waals surface area contributed by atoms with Crippen molar-refractivity contribution in [3.8, 4) is 5.75 Å². The van der Waals surface area contributed by atoms with Crippen molar-refractivity contribution >= 4 is 0 Å². The molecule has 1 aliphatic rings. The standard InChI is InChI=1S/C15H24N2O2/c1-2-19-15-5-3-4-14(12-15)13-16-6-7-17-8-10-18-11-9-17/h3-5,12,16H,2,6-11,13H2,1H3/p+2. The van der Waals surface area contributed by atoms with Crippen LogP contribution in [0.25, 0.3) is 0 Å². The molecule has 0 aromatic heterocycles. The highest BCUT2D eigenvalue weighted by Crippen LogP contribution is 2.12. The van der Waals surface area contributed by atoms with Gasteiger partial charge in [0.25, 0.3) is 0 Å². The van der Waals surface area contributed by atoms with Crippen LogP contribution in [0.3, 0.4) is 0 Å². The second kappa shape index (κ2) is 8.15. The Morgan fingerprint density at radius 1 is 1.32 bits per heavy atom. The molecule has 0 unspecified atom stereocenters. The zero-order valence-electron chi connectivity index (χ0n) is 11.9. The normalized spacial score (nSPS) is 16.5. The van der Waals surface area contributed by atoms with Crippen molar-refractivity contribution in [2.45, 2.75) is 13.5 Å². The summed E-state index contributed by atoms with van der Waals surface area (Å²) in [6.45, 7) is 10.4. The minimum atomic E-state index is 0.730. The lowest BCUT2D eigenvalue weighted by molar-refractivity contribution is -0.920. The SMILES string of the molecule is CCOc1cccc(C[NH2+]CC[NH+]2CCOCC2)c1. The molecule has 2 rings (SSSR count). The quantitative estimate of drug-likeness (QED) is 0.626. The molecule has 1 aromatic carbocycles. The number of morpholine rings is 1. The molecular formula is C15H26N2O2+2. The fourth-order valence-corrected chi connectivity index (χ4v) is 2.41. The van der Waals surface area contributed by atoms with Crippen molar-refractivity contribution in [3.05, 3.63) is 29.8 Å². The number of rotatable bonds is 7. The van der Waals surface area contributed by atoms with Gasteiger partial charge >= 0.3 is 0 Å². The van der Waals surface area contributed by atoms with E-state index < -0.39 is 0 Å². The third-order valence-electron chi connectivity index (χ3n) is 3.49. The van der Waals surface area contributed by atoms with Crippen LogP contribution in [0.5, 0.6) is 5.75 Å². The number of hydrogen-bond acceptors (Lipinski definition) is 2. The van der Waals surface area contributed by atoms with Gasteiger partial charge in [0, 0.05) is 5.56 Å². The van der Waals surface area contributed by atoms with E-state index in [-0.39, 0.29) is 0 Å². The molecule has 0 amide bonds. The Kier molecular flexibility index (Phi) is 6.14. The lowest BCUT2D eigenvalue weighted by Gasteiger charge is -2.22. The zero-order chi connectivity index (χ0) is 13.3. The van der Waals surface area contributed by atoms with Crippen LogP contribution in [-0.4, -0.2) is 46.0 Å². The molecule has 0 radical (unpaired) electrons. The Hall–Kier alpha value is -1.10. The maximum absolute atomic E-state index is 5.52. The van der Waals surface area contributed by atoms with Gasteiger partial charge in [0.15, 0.2) is 0 Å².